The van der Waals surface area contributed by atoms with Crippen molar-refractivity contribution in [1.82, 2.24) is 9.55 Å². The number of aliphatic hydroxyl groups is 1. The lowest BCUT2D eigenvalue weighted by atomic mass is 9.87. The molecule has 3 heterocycles. The molecule has 35 heavy (non-hydrogen) atoms. The summed E-state index contributed by atoms with van der Waals surface area (Å²) in [6, 6.07) is 19.9. The predicted molar refractivity (Wildman–Crippen MR) is 126 cm³/mol. The Morgan fingerprint density at radius 3 is 2.37 bits per heavy atom. The Kier molecular flexibility index (Phi) is 5.49. The van der Waals surface area contributed by atoms with Crippen LogP contribution in [0.3, 0.4) is 0 Å². The van der Waals surface area contributed by atoms with Crippen LogP contribution in [0.1, 0.15) is 35.8 Å². The molecule has 6 rings (SSSR count). The SMILES string of the molecule is Cc1cn2c(nc1=O)OC1[C@@H](OCc3ccccc3)[C@@](COCc3ccccc3)(C3(O)CC3)O[C@@H]12. The van der Waals surface area contributed by atoms with E-state index in [9.17, 15) is 9.90 Å². The fourth-order valence-corrected chi connectivity index (χ4v) is 5.09. The van der Waals surface area contributed by atoms with Gasteiger partial charge in [0.15, 0.2) is 17.9 Å². The first-order valence-electron chi connectivity index (χ1n) is 11.9. The van der Waals surface area contributed by atoms with E-state index in [0.717, 1.165) is 11.1 Å². The number of aryl methyl sites for hydroxylation is 1. The monoisotopic (exact) mass is 476 g/mol. The van der Waals surface area contributed by atoms with Gasteiger partial charge < -0.3 is 24.1 Å². The van der Waals surface area contributed by atoms with Crippen LogP contribution in [-0.2, 0) is 27.4 Å². The molecule has 1 aromatic heterocycles. The summed E-state index contributed by atoms with van der Waals surface area (Å²) in [7, 11) is 0. The first-order chi connectivity index (χ1) is 17.0. The van der Waals surface area contributed by atoms with Gasteiger partial charge in [-0.05, 0) is 30.9 Å². The highest BCUT2D eigenvalue weighted by molar-refractivity contribution is 5.25. The average Bonchev–Trinajstić information content (AvgIpc) is 3.44. The molecule has 0 radical (unpaired) electrons. The van der Waals surface area contributed by atoms with E-state index >= 15 is 0 Å². The Morgan fingerprint density at radius 2 is 1.71 bits per heavy atom. The maximum atomic E-state index is 12.1. The molecule has 8 heteroatoms. The lowest BCUT2D eigenvalue weighted by Crippen LogP contribution is -2.59. The van der Waals surface area contributed by atoms with E-state index < -0.39 is 29.6 Å². The van der Waals surface area contributed by atoms with Crippen LogP contribution in [0.15, 0.2) is 71.7 Å². The molecule has 182 valence electrons. The molecule has 3 aliphatic rings. The summed E-state index contributed by atoms with van der Waals surface area (Å²) < 4.78 is 27.2. The van der Waals surface area contributed by atoms with Gasteiger partial charge >= 0.3 is 6.01 Å². The minimum absolute atomic E-state index is 0.135. The highest BCUT2D eigenvalue weighted by Crippen LogP contribution is 2.57. The van der Waals surface area contributed by atoms with Crippen molar-refractivity contribution in [2.24, 2.45) is 0 Å². The number of fused-ring (bicyclic) bond motifs is 3. The summed E-state index contributed by atoms with van der Waals surface area (Å²) in [5.41, 5.74) is -0.0512. The molecule has 4 atom stereocenters. The summed E-state index contributed by atoms with van der Waals surface area (Å²) in [6.45, 7) is 2.54. The van der Waals surface area contributed by atoms with Gasteiger partial charge in [0.2, 0.25) is 0 Å². The third kappa shape index (κ3) is 3.87. The molecular weight excluding hydrogens is 448 g/mol. The van der Waals surface area contributed by atoms with Gasteiger partial charge in [-0.2, -0.15) is 4.98 Å². The average molecular weight is 477 g/mol. The number of rotatable bonds is 8. The second kappa shape index (κ2) is 8.57. The lowest BCUT2D eigenvalue weighted by molar-refractivity contribution is -0.215. The van der Waals surface area contributed by atoms with Gasteiger partial charge in [-0.3, -0.25) is 9.36 Å². The van der Waals surface area contributed by atoms with Crippen LogP contribution in [-0.4, -0.2) is 44.7 Å². The molecule has 3 aromatic rings. The zero-order valence-corrected chi connectivity index (χ0v) is 19.5. The van der Waals surface area contributed by atoms with Crippen LogP contribution in [0.5, 0.6) is 6.01 Å². The van der Waals surface area contributed by atoms with Gasteiger partial charge in [-0.25, -0.2) is 0 Å². The topological polar surface area (TPSA) is 92.0 Å². The Bertz CT molecular complexity index is 1260. The molecule has 1 aliphatic carbocycles. The van der Waals surface area contributed by atoms with Crippen molar-refractivity contribution in [2.75, 3.05) is 6.61 Å². The molecule has 1 N–H and O–H groups in total. The van der Waals surface area contributed by atoms with Crippen LogP contribution in [0.4, 0.5) is 0 Å². The van der Waals surface area contributed by atoms with Crippen molar-refractivity contribution < 1.29 is 24.1 Å². The maximum absolute atomic E-state index is 12.1. The standard InChI is InChI=1S/C27H28N2O6/c1-18-14-29-24-21(34-25(29)28-23(18)30)22(33-16-20-10-6-3-7-11-20)27(35-24,26(31)12-13-26)17-32-15-19-8-4-2-5-9-19/h2-11,14,21-22,24,31H,12-13,15-17H2,1H3/t21?,22-,24+,27+/m1/s1. The highest BCUT2D eigenvalue weighted by Gasteiger charge is 2.72. The van der Waals surface area contributed by atoms with Gasteiger partial charge in [0.05, 0.1) is 25.4 Å². The fourth-order valence-electron chi connectivity index (χ4n) is 5.09. The summed E-state index contributed by atoms with van der Waals surface area (Å²) in [5, 5.41) is 11.5. The van der Waals surface area contributed by atoms with Crippen molar-refractivity contribution >= 4 is 0 Å². The van der Waals surface area contributed by atoms with Gasteiger partial charge in [-0.1, -0.05) is 60.7 Å². The normalized spacial score (nSPS) is 27.8. The van der Waals surface area contributed by atoms with Crippen molar-refractivity contribution in [2.45, 2.75) is 62.6 Å². The maximum Gasteiger partial charge on any atom is 0.302 e. The van der Waals surface area contributed by atoms with Crippen LogP contribution in [0.25, 0.3) is 0 Å². The van der Waals surface area contributed by atoms with Gasteiger partial charge in [0.25, 0.3) is 5.56 Å². The Morgan fingerprint density at radius 1 is 1.06 bits per heavy atom. The molecule has 2 fully saturated rings. The molecule has 8 nitrogen and oxygen atoms in total. The predicted octanol–water partition coefficient (Wildman–Crippen LogP) is 2.91. The fraction of sp³-hybridized carbons (Fsp3) is 0.407. The summed E-state index contributed by atoms with van der Waals surface area (Å²) >= 11 is 0. The van der Waals surface area contributed by atoms with Crippen LogP contribution < -0.4 is 10.3 Å². The van der Waals surface area contributed by atoms with E-state index in [0.29, 0.717) is 31.6 Å². The molecule has 0 spiro atoms. The van der Waals surface area contributed by atoms with E-state index in [4.69, 9.17) is 18.9 Å². The molecule has 2 aromatic carbocycles. The molecule has 1 saturated carbocycles. The zero-order valence-electron chi connectivity index (χ0n) is 19.5. The summed E-state index contributed by atoms with van der Waals surface area (Å²) in [4.78, 5) is 16.2. The van der Waals surface area contributed by atoms with E-state index in [1.54, 1.807) is 17.7 Å². The van der Waals surface area contributed by atoms with Crippen molar-refractivity contribution in [3.05, 3.63) is 93.9 Å². The Labute approximate surface area is 203 Å². The summed E-state index contributed by atoms with van der Waals surface area (Å²) in [5.74, 6) is 0. The zero-order chi connectivity index (χ0) is 24.0. The molecular formula is C27H28N2O6. The van der Waals surface area contributed by atoms with Gasteiger partial charge in [-0.15, -0.1) is 0 Å². The number of aromatic nitrogens is 2. The largest absolute Gasteiger partial charge is 0.453 e. The quantitative estimate of drug-likeness (QED) is 0.535. The smallest absolute Gasteiger partial charge is 0.302 e. The van der Waals surface area contributed by atoms with E-state index in [-0.39, 0.29) is 18.2 Å². The first kappa shape index (κ1) is 22.4. The second-order valence-electron chi connectivity index (χ2n) is 9.63. The third-order valence-electron chi connectivity index (χ3n) is 7.19. The number of hydrogen-bond donors (Lipinski definition) is 1. The summed E-state index contributed by atoms with van der Waals surface area (Å²) in [6.07, 6.45) is 1.04. The van der Waals surface area contributed by atoms with Crippen LogP contribution >= 0.6 is 0 Å². The highest BCUT2D eigenvalue weighted by atomic mass is 16.7. The third-order valence-corrected chi connectivity index (χ3v) is 7.19. The number of benzene rings is 2. The lowest BCUT2D eigenvalue weighted by Gasteiger charge is -2.39. The second-order valence-corrected chi connectivity index (χ2v) is 9.63. The molecule has 2 aliphatic heterocycles. The van der Waals surface area contributed by atoms with Crippen molar-refractivity contribution in [3.8, 4) is 6.01 Å². The van der Waals surface area contributed by atoms with Gasteiger partial charge in [0, 0.05) is 11.8 Å². The number of ether oxygens (including phenoxy) is 4. The van der Waals surface area contributed by atoms with Crippen molar-refractivity contribution in [3.63, 3.8) is 0 Å². The molecule has 1 unspecified atom stereocenters. The Hall–Kier alpha value is -3.04. The first-order valence-corrected chi connectivity index (χ1v) is 11.9. The minimum Gasteiger partial charge on any atom is -0.453 e. The van der Waals surface area contributed by atoms with Crippen molar-refractivity contribution in [1.29, 1.82) is 0 Å². The molecule has 0 bridgehead atoms. The minimum atomic E-state index is -1.14. The molecule has 1 saturated heterocycles. The molecule has 0 amide bonds. The Balaban J connectivity index is 1.33. The van der Waals surface area contributed by atoms with E-state index in [1.165, 1.54) is 0 Å². The number of nitrogens with zero attached hydrogens (tertiary/aromatic N) is 2. The van der Waals surface area contributed by atoms with Crippen LogP contribution in [0, 0.1) is 6.92 Å². The van der Waals surface area contributed by atoms with E-state index in [2.05, 4.69) is 4.98 Å². The van der Waals surface area contributed by atoms with Gasteiger partial charge in [0.1, 0.15) is 6.10 Å². The van der Waals surface area contributed by atoms with Crippen LogP contribution in [0.2, 0.25) is 0 Å². The van der Waals surface area contributed by atoms with E-state index in [1.807, 2.05) is 60.7 Å². The number of hydrogen-bond acceptors (Lipinski definition) is 7.